The molecule has 0 radical (unpaired) electrons. The first-order valence-corrected chi connectivity index (χ1v) is 9.42. The van der Waals surface area contributed by atoms with Gasteiger partial charge in [-0.2, -0.15) is 0 Å². The highest BCUT2D eigenvalue weighted by atomic mass is 31.1. The maximum absolute atomic E-state index is 11.2. The van der Waals surface area contributed by atoms with E-state index in [1.807, 2.05) is 6.92 Å². The first-order valence-electron chi connectivity index (χ1n) is 8.05. The van der Waals surface area contributed by atoms with Gasteiger partial charge < -0.3 is 4.74 Å². The van der Waals surface area contributed by atoms with Crippen LogP contribution >= 0.6 is 8.03 Å². The molecule has 0 N–H and O–H groups in total. The lowest BCUT2D eigenvalue weighted by molar-refractivity contribution is 0.195. The summed E-state index contributed by atoms with van der Waals surface area (Å²) in [6.45, 7) is 11.4. The van der Waals surface area contributed by atoms with Gasteiger partial charge in [0.15, 0.2) is 0 Å². The molecule has 0 aliphatic heterocycles. The zero-order valence-electron chi connectivity index (χ0n) is 14.9. The van der Waals surface area contributed by atoms with Crippen molar-refractivity contribution in [2.45, 2.75) is 60.3 Å². The monoisotopic (exact) mass is 327 g/mol. The fourth-order valence-electron chi connectivity index (χ4n) is 1.85. The lowest BCUT2D eigenvalue weighted by Gasteiger charge is -2.01. The average Bonchev–Trinajstić information content (AvgIpc) is 2.43. The molecule has 0 aromatic heterocycles. The van der Waals surface area contributed by atoms with Crippen molar-refractivity contribution < 1.29 is 13.8 Å². The molecule has 0 heterocycles. The normalized spacial score (nSPS) is 13.2. The summed E-state index contributed by atoms with van der Waals surface area (Å²) in [5, 5.41) is 0. The fraction of sp³-hybridized carbons (Fsp3) is 0.667. The van der Waals surface area contributed by atoms with Crippen LogP contribution in [0.1, 0.15) is 60.3 Å². The molecule has 0 aliphatic rings. The van der Waals surface area contributed by atoms with E-state index in [-0.39, 0.29) is 6.35 Å². The Labute approximate surface area is 137 Å². The van der Waals surface area contributed by atoms with Crippen molar-refractivity contribution in [2.75, 3.05) is 19.6 Å². The lowest BCUT2D eigenvalue weighted by Crippen LogP contribution is -1.93. The first kappa shape index (κ1) is 21.2. The first-order chi connectivity index (χ1) is 10.5. The number of hydrogen-bond donors (Lipinski definition) is 0. The van der Waals surface area contributed by atoms with E-state index >= 15 is 0 Å². The summed E-state index contributed by atoms with van der Waals surface area (Å²) < 4.78 is 21.5. The molecule has 0 rings (SSSR count). The summed E-state index contributed by atoms with van der Waals surface area (Å²) in [6, 6.07) is 0. The molecular formula is C18H32O3P+. The SMILES string of the molecule is CCO[P+](=O)COCC=C(C)CCC=C(C)CCC=C(C)C. The summed E-state index contributed by atoms with van der Waals surface area (Å²) in [5.74, 6) is 0. The number of ether oxygens (including phenoxy) is 1. The highest BCUT2D eigenvalue weighted by Crippen LogP contribution is 2.21. The molecule has 1 unspecified atom stereocenters. The van der Waals surface area contributed by atoms with Gasteiger partial charge in [0.2, 0.25) is 0 Å². The summed E-state index contributed by atoms with van der Waals surface area (Å²) in [5.41, 5.74) is 4.15. The second-order valence-electron chi connectivity index (χ2n) is 5.71. The van der Waals surface area contributed by atoms with E-state index in [1.54, 1.807) is 0 Å². The van der Waals surface area contributed by atoms with E-state index in [4.69, 9.17) is 9.26 Å². The predicted molar refractivity (Wildman–Crippen MR) is 95.5 cm³/mol. The number of rotatable bonds is 12. The molecule has 3 nitrogen and oxygen atoms in total. The van der Waals surface area contributed by atoms with Crippen molar-refractivity contribution in [1.29, 1.82) is 0 Å². The standard InChI is InChI=1S/C18H32O3P/c1-6-21-22(19)15-20-14-13-18(5)12-8-11-17(4)10-7-9-16(2)3/h9,11,13H,6-8,10,12,14-15H2,1-5H3/q+1. The Bertz CT molecular complexity index is 405. The van der Waals surface area contributed by atoms with E-state index < -0.39 is 8.03 Å². The van der Waals surface area contributed by atoms with Crippen molar-refractivity contribution in [3.8, 4) is 0 Å². The minimum Gasteiger partial charge on any atom is -0.331 e. The third-order valence-electron chi connectivity index (χ3n) is 3.14. The van der Waals surface area contributed by atoms with Gasteiger partial charge >= 0.3 is 8.03 Å². The fourth-order valence-corrected chi connectivity index (χ4v) is 2.47. The Morgan fingerprint density at radius 1 is 0.955 bits per heavy atom. The maximum atomic E-state index is 11.2. The van der Waals surface area contributed by atoms with Crippen molar-refractivity contribution in [2.24, 2.45) is 0 Å². The molecule has 22 heavy (non-hydrogen) atoms. The van der Waals surface area contributed by atoms with Gasteiger partial charge in [0.25, 0.3) is 6.35 Å². The smallest absolute Gasteiger partial charge is 0.331 e. The zero-order valence-corrected chi connectivity index (χ0v) is 15.7. The van der Waals surface area contributed by atoms with Crippen LogP contribution in [-0.2, 0) is 13.8 Å². The van der Waals surface area contributed by atoms with Crippen LogP contribution in [0.2, 0.25) is 0 Å². The largest absolute Gasteiger partial charge is 0.537 e. The van der Waals surface area contributed by atoms with Gasteiger partial charge in [0, 0.05) is 0 Å². The quantitative estimate of drug-likeness (QED) is 0.245. The van der Waals surface area contributed by atoms with Gasteiger partial charge in [-0.1, -0.05) is 34.9 Å². The third-order valence-corrected chi connectivity index (χ3v) is 4.08. The van der Waals surface area contributed by atoms with Crippen LogP contribution in [0.5, 0.6) is 0 Å². The minimum atomic E-state index is -1.66. The lowest BCUT2D eigenvalue weighted by atomic mass is 10.1. The van der Waals surface area contributed by atoms with E-state index in [9.17, 15) is 4.57 Å². The van der Waals surface area contributed by atoms with Gasteiger partial charge in [0.05, 0.1) is 13.2 Å². The van der Waals surface area contributed by atoms with Crippen LogP contribution in [0.25, 0.3) is 0 Å². The molecule has 0 amide bonds. The van der Waals surface area contributed by atoms with Gasteiger partial charge in [-0.3, -0.25) is 0 Å². The Balaban J connectivity index is 3.82. The highest BCUT2D eigenvalue weighted by Gasteiger charge is 2.14. The van der Waals surface area contributed by atoms with Crippen molar-refractivity contribution >= 4 is 8.03 Å². The molecule has 0 spiro atoms. The average molecular weight is 327 g/mol. The molecule has 0 saturated carbocycles. The van der Waals surface area contributed by atoms with Gasteiger partial charge in [-0.25, -0.2) is 0 Å². The molecule has 4 heteroatoms. The summed E-state index contributed by atoms with van der Waals surface area (Å²) in [7, 11) is -1.66. The van der Waals surface area contributed by atoms with Crippen LogP contribution < -0.4 is 0 Å². The van der Waals surface area contributed by atoms with E-state index in [1.165, 1.54) is 16.7 Å². The Morgan fingerprint density at radius 2 is 1.55 bits per heavy atom. The zero-order chi connectivity index (χ0) is 16.8. The maximum Gasteiger partial charge on any atom is 0.537 e. The van der Waals surface area contributed by atoms with Crippen LogP contribution in [0.4, 0.5) is 0 Å². The van der Waals surface area contributed by atoms with E-state index in [0.29, 0.717) is 13.2 Å². The molecule has 0 aliphatic carbocycles. The van der Waals surface area contributed by atoms with Crippen molar-refractivity contribution in [3.63, 3.8) is 0 Å². The highest BCUT2D eigenvalue weighted by molar-refractivity contribution is 7.38. The molecule has 1 atom stereocenters. The predicted octanol–water partition coefficient (Wildman–Crippen LogP) is 6.16. The van der Waals surface area contributed by atoms with E-state index in [0.717, 1.165) is 25.7 Å². The van der Waals surface area contributed by atoms with Crippen molar-refractivity contribution in [1.82, 2.24) is 0 Å². The summed E-state index contributed by atoms with van der Waals surface area (Å²) in [6.07, 6.45) is 11.2. The van der Waals surface area contributed by atoms with Crippen LogP contribution in [0.15, 0.2) is 34.9 Å². The molecule has 126 valence electrons. The molecular weight excluding hydrogens is 295 g/mol. The molecule has 0 saturated heterocycles. The van der Waals surface area contributed by atoms with Gasteiger partial charge in [0.1, 0.15) is 0 Å². The second-order valence-corrected chi connectivity index (χ2v) is 6.89. The Kier molecular flexibility index (Phi) is 13.4. The molecule has 0 aromatic rings. The van der Waals surface area contributed by atoms with Gasteiger partial charge in [-0.05, 0) is 64.9 Å². The van der Waals surface area contributed by atoms with Crippen LogP contribution in [0, 0.1) is 0 Å². The Hall–Kier alpha value is -0.760. The topological polar surface area (TPSA) is 35.5 Å². The number of hydrogen-bond acceptors (Lipinski definition) is 3. The number of allylic oxidation sites excluding steroid dienone is 5. The third kappa shape index (κ3) is 14.2. The van der Waals surface area contributed by atoms with Crippen molar-refractivity contribution in [3.05, 3.63) is 34.9 Å². The minimum absolute atomic E-state index is 0.177. The second kappa shape index (κ2) is 13.9. The van der Waals surface area contributed by atoms with E-state index in [2.05, 4.69) is 45.9 Å². The summed E-state index contributed by atoms with van der Waals surface area (Å²) in [4.78, 5) is 0. The summed E-state index contributed by atoms with van der Waals surface area (Å²) >= 11 is 0. The molecule has 0 fully saturated rings. The van der Waals surface area contributed by atoms with Crippen LogP contribution in [0.3, 0.4) is 0 Å². The Morgan fingerprint density at radius 3 is 2.14 bits per heavy atom. The van der Waals surface area contributed by atoms with Gasteiger partial charge in [-0.15, -0.1) is 4.52 Å². The molecule has 0 aromatic carbocycles. The molecule has 0 bridgehead atoms. The van der Waals surface area contributed by atoms with Crippen LogP contribution in [-0.4, -0.2) is 19.6 Å².